The first-order chi connectivity index (χ1) is 14.3. The highest BCUT2D eigenvalue weighted by Gasteiger charge is 2.63. The predicted octanol–water partition coefficient (Wildman–Crippen LogP) is 8.11. The first-order valence-electron chi connectivity index (χ1n) is 13.6. The molecule has 0 spiro atoms. The van der Waals surface area contributed by atoms with Gasteiger partial charge in [-0.1, -0.05) is 27.2 Å². The average Bonchev–Trinajstić information content (AvgIpc) is 2.95. The molecule has 4 fully saturated rings. The van der Waals surface area contributed by atoms with Crippen molar-refractivity contribution in [1.82, 2.24) is 0 Å². The molecule has 2 nitrogen and oxygen atoms in total. The number of hydrogen-bond donors (Lipinski definition) is 0. The molecule has 9 atom stereocenters. The van der Waals surface area contributed by atoms with Gasteiger partial charge in [0.05, 0.1) is 0 Å². The molecule has 4 saturated carbocycles. The van der Waals surface area contributed by atoms with Gasteiger partial charge in [-0.15, -0.1) is 0 Å². The van der Waals surface area contributed by atoms with Crippen LogP contribution in [0.4, 0.5) is 0 Å². The Morgan fingerprint density at radius 1 is 0.806 bits per heavy atom. The third kappa shape index (κ3) is 4.54. The van der Waals surface area contributed by atoms with Gasteiger partial charge in [0.1, 0.15) is 0 Å². The van der Waals surface area contributed by atoms with Gasteiger partial charge in [-0.2, -0.15) is 0 Å². The van der Waals surface area contributed by atoms with Crippen molar-refractivity contribution in [2.24, 2.45) is 40.4 Å². The van der Waals surface area contributed by atoms with Gasteiger partial charge >= 0.3 is 0 Å². The SMILES string of the molecule is CC[C@H]1CCC2C3CC[C@@H]4C[C@H](O[Si](C)(C)C)CC[C@]4(C)C3[C@@H](O[Si](C)(C)C)C[C@@]21C. The van der Waals surface area contributed by atoms with E-state index in [0.29, 0.717) is 23.0 Å². The first kappa shape index (κ1) is 24.5. The third-order valence-corrected chi connectivity index (χ3v) is 12.3. The van der Waals surface area contributed by atoms with Crippen molar-refractivity contribution < 1.29 is 8.85 Å². The molecule has 0 aliphatic heterocycles. The van der Waals surface area contributed by atoms with Crippen molar-refractivity contribution in [3.05, 3.63) is 0 Å². The zero-order valence-electron chi connectivity index (χ0n) is 22.2. The van der Waals surface area contributed by atoms with Crippen LogP contribution in [0.1, 0.15) is 78.6 Å². The number of rotatable bonds is 5. The van der Waals surface area contributed by atoms with Gasteiger partial charge in [0.2, 0.25) is 0 Å². The molecule has 0 aromatic carbocycles. The summed E-state index contributed by atoms with van der Waals surface area (Å²) in [4.78, 5) is 0. The van der Waals surface area contributed by atoms with Gasteiger partial charge < -0.3 is 8.85 Å². The van der Waals surface area contributed by atoms with E-state index in [4.69, 9.17) is 8.85 Å². The summed E-state index contributed by atoms with van der Waals surface area (Å²) in [5.41, 5.74) is 0.972. The lowest BCUT2D eigenvalue weighted by Gasteiger charge is -2.64. The van der Waals surface area contributed by atoms with Crippen LogP contribution in [0.5, 0.6) is 0 Å². The van der Waals surface area contributed by atoms with Gasteiger partial charge in [0.15, 0.2) is 16.6 Å². The Kier molecular flexibility index (Phi) is 6.50. The van der Waals surface area contributed by atoms with Crippen LogP contribution in [-0.2, 0) is 8.85 Å². The molecule has 31 heavy (non-hydrogen) atoms. The van der Waals surface area contributed by atoms with Crippen molar-refractivity contribution in [2.45, 2.75) is 130 Å². The summed E-state index contributed by atoms with van der Waals surface area (Å²) in [6.45, 7) is 22.1. The number of hydrogen-bond acceptors (Lipinski definition) is 2. The molecule has 180 valence electrons. The van der Waals surface area contributed by atoms with E-state index in [-0.39, 0.29) is 0 Å². The van der Waals surface area contributed by atoms with Gasteiger partial charge in [-0.3, -0.25) is 0 Å². The Labute approximate surface area is 195 Å². The first-order valence-corrected chi connectivity index (χ1v) is 20.4. The predicted molar refractivity (Wildman–Crippen MR) is 137 cm³/mol. The molecule has 0 N–H and O–H groups in total. The van der Waals surface area contributed by atoms with Crippen molar-refractivity contribution in [2.75, 3.05) is 0 Å². The van der Waals surface area contributed by atoms with E-state index in [9.17, 15) is 0 Å². The monoisotopic (exact) mass is 464 g/mol. The zero-order valence-corrected chi connectivity index (χ0v) is 24.2. The second-order valence-corrected chi connectivity index (χ2v) is 23.3. The third-order valence-electron chi connectivity index (χ3n) is 10.2. The molecular weight excluding hydrogens is 412 g/mol. The number of fused-ring (bicyclic) bond motifs is 5. The summed E-state index contributed by atoms with van der Waals surface area (Å²) in [6.07, 6.45) is 13.5. The molecular formula is C27H52O2Si2. The van der Waals surface area contributed by atoms with Crippen molar-refractivity contribution in [1.29, 1.82) is 0 Å². The summed E-state index contributed by atoms with van der Waals surface area (Å²) in [5, 5.41) is 0. The lowest BCUT2D eigenvalue weighted by molar-refractivity contribution is -0.171. The Bertz CT molecular complexity index is 653. The fourth-order valence-corrected chi connectivity index (χ4v) is 11.6. The summed E-state index contributed by atoms with van der Waals surface area (Å²) in [6, 6.07) is 0. The van der Waals surface area contributed by atoms with Crippen LogP contribution in [0.15, 0.2) is 0 Å². The molecule has 0 aromatic heterocycles. The fourth-order valence-electron chi connectivity index (χ4n) is 9.25. The second-order valence-electron chi connectivity index (χ2n) is 14.4. The summed E-state index contributed by atoms with van der Waals surface area (Å²) in [5.74, 6) is 4.37. The molecule has 4 aliphatic carbocycles. The normalized spacial score (nSPS) is 48.1. The maximum Gasteiger partial charge on any atom is 0.184 e. The van der Waals surface area contributed by atoms with Crippen molar-refractivity contribution in [3.8, 4) is 0 Å². The van der Waals surface area contributed by atoms with Crippen LogP contribution in [0.3, 0.4) is 0 Å². The summed E-state index contributed by atoms with van der Waals surface area (Å²) < 4.78 is 13.8. The fraction of sp³-hybridized carbons (Fsp3) is 1.00. The van der Waals surface area contributed by atoms with Crippen LogP contribution in [0.2, 0.25) is 39.3 Å². The lowest BCUT2D eigenvalue weighted by Crippen LogP contribution is -2.61. The minimum absolute atomic E-state index is 0.457. The average molecular weight is 465 g/mol. The summed E-state index contributed by atoms with van der Waals surface area (Å²) >= 11 is 0. The Morgan fingerprint density at radius 3 is 2.10 bits per heavy atom. The second kappa shape index (κ2) is 8.24. The molecule has 4 rings (SSSR count). The van der Waals surface area contributed by atoms with E-state index >= 15 is 0 Å². The van der Waals surface area contributed by atoms with Gasteiger partial charge in [0.25, 0.3) is 0 Å². The van der Waals surface area contributed by atoms with E-state index < -0.39 is 16.6 Å². The Hall–Kier alpha value is 0.354. The minimum Gasteiger partial charge on any atom is -0.415 e. The largest absolute Gasteiger partial charge is 0.415 e. The van der Waals surface area contributed by atoms with E-state index in [2.05, 4.69) is 60.1 Å². The molecule has 0 saturated heterocycles. The van der Waals surface area contributed by atoms with E-state index in [1.54, 1.807) is 0 Å². The molecule has 0 radical (unpaired) electrons. The van der Waals surface area contributed by atoms with Gasteiger partial charge in [0, 0.05) is 12.2 Å². The van der Waals surface area contributed by atoms with E-state index in [1.807, 2.05) is 0 Å². The molecule has 3 unspecified atom stereocenters. The van der Waals surface area contributed by atoms with Gasteiger partial charge in [-0.05, 0) is 131 Å². The molecule has 4 aliphatic rings. The maximum atomic E-state index is 7.15. The topological polar surface area (TPSA) is 18.5 Å². The van der Waals surface area contributed by atoms with Crippen LogP contribution in [-0.4, -0.2) is 28.8 Å². The van der Waals surface area contributed by atoms with Crippen molar-refractivity contribution in [3.63, 3.8) is 0 Å². The smallest absolute Gasteiger partial charge is 0.184 e. The molecule has 4 heteroatoms. The minimum atomic E-state index is -1.58. The highest BCUT2D eigenvalue weighted by atomic mass is 28.4. The van der Waals surface area contributed by atoms with Crippen LogP contribution in [0, 0.1) is 40.4 Å². The highest BCUT2D eigenvalue weighted by molar-refractivity contribution is 6.70. The van der Waals surface area contributed by atoms with Crippen LogP contribution >= 0.6 is 0 Å². The molecule has 0 amide bonds. The molecule has 0 heterocycles. The van der Waals surface area contributed by atoms with Crippen LogP contribution < -0.4 is 0 Å². The standard InChI is InChI=1S/C27H52O2Si2/c1-10-19-12-14-23-22-13-11-20-17-21(28-30(4,5)6)15-16-26(20,2)25(22)24(18-27(19,23)3)29-31(7,8)9/h19-25H,10-18H2,1-9H3/t19-,20+,21+,22?,23?,24-,25?,26-,27+/m0/s1. The lowest BCUT2D eigenvalue weighted by atomic mass is 9.44. The van der Waals surface area contributed by atoms with Crippen LogP contribution in [0.25, 0.3) is 0 Å². The summed E-state index contributed by atoms with van der Waals surface area (Å²) in [7, 11) is -3.05. The van der Waals surface area contributed by atoms with E-state index in [0.717, 1.165) is 29.6 Å². The zero-order chi connectivity index (χ0) is 22.8. The Balaban J connectivity index is 1.64. The quantitative estimate of drug-likeness (QED) is 0.382. The van der Waals surface area contributed by atoms with Crippen molar-refractivity contribution >= 4 is 16.6 Å². The highest BCUT2D eigenvalue weighted by Crippen LogP contribution is 2.68. The maximum absolute atomic E-state index is 7.15. The molecule has 0 bridgehead atoms. The Morgan fingerprint density at radius 2 is 1.48 bits per heavy atom. The molecule has 0 aromatic rings. The van der Waals surface area contributed by atoms with E-state index in [1.165, 1.54) is 57.8 Å². The van der Waals surface area contributed by atoms with Gasteiger partial charge in [-0.25, -0.2) is 0 Å².